The largest absolute Gasteiger partial charge is 0.573 e. The van der Waals surface area contributed by atoms with Gasteiger partial charge in [-0.3, -0.25) is 5.43 Å². The fourth-order valence-corrected chi connectivity index (χ4v) is 3.93. The smallest absolute Gasteiger partial charge is 0.406 e. The number of alkyl halides is 3. The van der Waals surface area contributed by atoms with Crippen molar-refractivity contribution in [2.24, 2.45) is 10.3 Å². The maximum absolute atomic E-state index is 12.4. The van der Waals surface area contributed by atoms with Crippen LogP contribution >= 0.6 is 12.2 Å². The number of ether oxygens (including phenoxy) is 1. The molecule has 10 heteroatoms. The van der Waals surface area contributed by atoms with Gasteiger partial charge in [0.15, 0.2) is 10.9 Å². The lowest BCUT2D eigenvalue weighted by atomic mass is 10.1. The zero-order valence-electron chi connectivity index (χ0n) is 19.5. The fourth-order valence-electron chi connectivity index (χ4n) is 3.78. The topological polar surface area (TPSA) is 67.2 Å². The molecule has 0 aromatic heterocycles. The summed E-state index contributed by atoms with van der Waals surface area (Å²) in [5.74, 6) is 0.280. The Labute approximate surface area is 211 Å². The third-order valence-corrected chi connectivity index (χ3v) is 5.69. The minimum atomic E-state index is -4.72. The second kappa shape index (κ2) is 10.8. The van der Waals surface area contributed by atoms with Gasteiger partial charge in [-0.25, -0.2) is 0 Å². The summed E-state index contributed by atoms with van der Waals surface area (Å²) in [5, 5.41) is 11.9. The minimum Gasteiger partial charge on any atom is -0.406 e. The second-order valence-electron chi connectivity index (χ2n) is 8.16. The van der Waals surface area contributed by atoms with E-state index < -0.39 is 6.36 Å². The van der Waals surface area contributed by atoms with Crippen LogP contribution in [0.1, 0.15) is 34.2 Å². The summed E-state index contributed by atoms with van der Waals surface area (Å²) in [5.41, 5.74) is 8.91. The summed E-state index contributed by atoms with van der Waals surface area (Å²) in [6.45, 7) is 4.01. The lowest BCUT2D eigenvalue weighted by Crippen LogP contribution is -2.24. The molecule has 0 unspecified atom stereocenters. The third kappa shape index (κ3) is 6.60. The molecule has 0 aliphatic heterocycles. The molecule has 36 heavy (non-hydrogen) atoms. The molecule has 4 rings (SSSR count). The summed E-state index contributed by atoms with van der Waals surface area (Å²) < 4.78 is 41.3. The van der Waals surface area contributed by atoms with Gasteiger partial charge in [0, 0.05) is 11.3 Å². The molecule has 0 atom stereocenters. The summed E-state index contributed by atoms with van der Waals surface area (Å²) in [6.07, 6.45) is -1.96. The van der Waals surface area contributed by atoms with E-state index in [9.17, 15) is 13.2 Å². The van der Waals surface area contributed by atoms with Gasteiger partial charge < -0.3 is 14.9 Å². The Morgan fingerprint density at radius 3 is 2.36 bits per heavy atom. The van der Waals surface area contributed by atoms with Gasteiger partial charge in [0.1, 0.15) is 5.75 Å². The monoisotopic (exact) mass is 512 g/mol. The number of rotatable bonds is 6. The van der Waals surface area contributed by atoms with Crippen molar-refractivity contribution in [3.05, 3.63) is 88.5 Å². The summed E-state index contributed by atoms with van der Waals surface area (Å²) >= 11 is 5.31. The molecule has 0 amide bonds. The van der Waals surface area contributed by atoms with Crippen LogP contribution in [0.2, 0.25) is 0 Å². The number of nitrogens with zero attached hydrogens (tertiary/aromatic N) is 2. The minimum absolute atomic E-state index is 0.239. The van der Waals surface area contributed by atoms with Crippen molar-refractivity contribution in [1.82, 2.24) is 5.43 Å². The first-order chi connectivity index (χ1) is 17.2. The molecule has 186 valence electrons. The number of oxime groups is 1. The number of halogens is 3. The van der Waals surface area contributed by atoms with Gasteiger partial charge in [-0.1, -0.05) is 23.4 Å². The van der Waals surface area contributed by atoms with Crippen LogP contribution in [-0.4, -0.2) is 23.4 Å². The molecule has 2 N–H and O–H groups in total. The van der Waals surface area contributed by atoms with E-state index in [2.05, 4.69) is 25.7 Å². The van der Waals surface area contributed by atoms with E-state index in [-0.39, 0.29) is 5.75 Å². The van der Waals surface area contributed by atoms with E-state index in [1.54, 1.807) is 24.4 Å². The van der Waals surface area contributed by atoms with Crippen LogP contribution in [0.25, 0.3) is 0 Å². The van der Waals surface area contributed by atoms with Gasteiger partial charge in [-0.2, -0.15) is 5.10 Å². The van der Waals surface area contributed by atoms with E-state index >= 15 is 0 Å². The highest BCUT2D eigenvalue weighted by atomic mass is 32.1. The van der Waals surface area contributed by atoms with Crippen molar-refractivity contribution >= 4 is 34.9 Å². The second-order valence-corrected chi connectivity index (χ2v) is 8.56. The molecular weight excluding hydrogens is 489 g/mol. The lowest BCUT2D eigenvalue weighted by molar-refractivity contribution is -0.274. The predicted octanol–water partition coefficient (Wildman–Crippen LogP) is 6.25. The number of fused-ring (bicyclic) bond motifs is 1. The average molecular weight is 513 g/mol. The Morgan fingerprint density at radius 2 is 1.67 bits per heavy atom. The van der Waals surface area contributed by atoms with Crippen LogP contribution in [0.4, 0.5) is 18.9 Å². The molecular formula is C26H23F3N4O2S. The highest BCUT2D eigenvalue weighted by molar-refractivity contribution is 7.80. The van der Waals surface area contributed by atoms with Gasteiger partial charge in [-0.05, 0) is 104 Å². The molecule has 3 aromatic rings. The van der Waals surface area contributed by atoms with Crippen LogP contribution in [-0.2, 0) is 6.42 Å². The number of hydrazone groups is 1. The molecule has 0 heterocycles. The van der Waals surface area contributed by atoms with Gasteiger partial charge in [-0.15, -0.1) is 13.2 Å². The van der Waals surface area contributed by atoms with E-state index in [1.807, 2.05) is 44.2 Å². The quantitative estimate of drug-likeness (QED) is 0.232. The Morgan fingerprint density at radius 1 is 0.972 bits per heavy atom. The van der Waals surface area contributed by atoms with Crippen LogP contribution < -0.4 is 20.3 Å². The molecule has 0 saturated carbocycles. The van der Waals surface area contributed by atoms with Crippen LogP contribution in [0, 0.1) is 13.8 Å². The lowest BCUT2D eigenvalue weighted by Gasteiger charge is -2.12. The molecule has 1 aliphatic carbocycles. The average Bonchev–Trinajstić information content (AvgIpc) is 3.22. The van der Waals surface area contributed by atoms with Gasteiger partial charge in [0.25, 0.3) is 0 Å². The van der Waals surface area contributed by atoms with Crippen molar-refractivity contribution in [3.63, 3.8) is 0 Å². The number of anilines is 1. The molecule has 0 saturated heterocycles. The van der Waals surface area contributed by atoms with Crippen molar-refractivity contribution in [2.45, 2.75) is 33.1 Å². The number of hydrogen-bond donors (Lipinski definition) is 2. The van der Waals surface area contributed by atoms with E-state index in [0.717, 1.165) is 33.5 Å². The first kappa shape index (κ1) is 25.2. The maximum Gasteiger partial charge on any atom is 0.573 e. The highest BCUT2D eigenvalue weighted by Crippen LogP contribution is 2.30. The zero-order valence-corrected chi connectivity index (χ0v) is 20.3. The highest BCUT2D eigenvalue weighted by Gasteiger charge is 2.31. The molecule has 6 nitrogen and oxygen atoms in total. The number of aryl methyl sites for hydroxylation is 3. The van der Waals surface area contributed by atoms with Crippen LogP contribution in [0.5, 0.6) is 11.5 Å². The number of thiocarbonyl (C=S) groups is 1. The third-order valence-electron chi connectivity index (χ3n) is 5.49. The summed E-state index contributed by atoms with van der Waals surface area (Å²) in [6, 6.07) is 17.3. The van der Waals surface area contributed by atoms with Crippen LogP contribution in [0.15, 0.2) is 70.9 Å². The van der Waals surface area contributed by atoms with Crippen molar-refractivity contribution < 1.29 is 22.7 Å². The van der Waals surface area contributed by atoms with Gasteiger partial charge in [0.05, 0.1) is 11.9 Å². The molecule has 0 radical (unpaired) electrons. The fraction of sp³-hybridized carbons (Fsp3) is 0.192. The normalized spacial score (nSPS) is 14.1. The molecule has 0 spiro atoms. The van der Waals surface area contributed by atoms with Crippen LogP contribution in [0.3, 0.4) is 0 Å². The first-order valence-electron chi connectivity index (χ1n) is 11.1. The Kier molecular flexibility index (Phi) is 7.54. The SMILES string of the molecule is Cc1cccc(C)c1NC(=S)N/N=C/c1ccc(O/N=C2\CCc3cc(OC(F)(F)F)ccc32)cc1. The predicted molar refractivity (Wildman–Crippen MR) is 138 cm³/mol. The van der Waals surface area contributed by atoms with Crippen molar-refractivity contribution in [2.75, 3.05) is 5.32 Å². The Balaban J connectivity index is 1.31. The molecule has 0 fully saturated rings. The number of benzene rings is 3. The number of nitrogens with one attached hydrogen (secondary N) is 2. The maximum atomic E-state index is 12.4. The van der Waals surface area contributed by atoms with Crippen molar-refractivity contribution in [1.29, 1.82) is 0 Å². The number of para-hydroxylation sites is 1. The van der Waals surface area contributed by atoms with E-state index in [4.69, 9.17) is 17.1 Å². The number of hydrogen-bond acceptors (Lipinski definition) is 5. The van der Waals surface area contributed by atoms with E-state index in [0.29, 0.717) is 29.4 Å². The summed E-state index contributed by atoms with van der Waals surface area (Å²) in [7, 11) is 0. The first-order valence-corrected chi connectivity index (χ1v) is 11.5. The standard InChI is InChI=1S/C26H23F3N4O2S/c1-16-4-3-5-17(2)24(16)31-25(36)32-30-15-18-6-9-20(10-7-18)35-33-23-13-8-19-14-21(11-12-22(19)23)34-26(27,28)29/h3-7,9-12,14-15H,8,13H2,1-2H3,(H2,31,32,36)/b30-15+,33-23+. The van der Waals surface area contributed by atoms with Crippen molar-refractivity contribution in [3.8, 4) is 11.5 Å². The molecule has 1 aliphatic rings. The summed E-state index contributed by atoms with van der Waals surface area (Å²) in [4.78, 5) is 5.53. The van der Waals surface area contributed by atoms with Gasteiger partial charge >= 0.3 is 6.36 Å². The zero-order chi connectivity index (χ0) is 25.7. The Bertz CT molecular complexity index is 1300. The Hall–Kier alpha value is -3.92. The van der Waals surface area contributed by atoms with Gasteiger partial charge in [0.2, 0.25) is 0 Å². The molecule has 0 bridgehead atoms. The van der Waals surface area contributed by atoms with E-state index in [1.165, 1.54) is 12.1 Å². The molecule has 3 aromatic carbocycles.